The fourth-order valence-corrected chi connectivity index (χ4v) is 1.22. The number of nitrogens with two attached hydrogens (primary N) is 2. The number of hydrogen-bond donors (Lipinski definition) is 4. The number of nitrogen functional groups attached to an aromatic ring is 2. The quantitative estimate of drug-likeness (QED) is 0.492. The molecule has 0 bridgehead atoms. The van der Waals surface area contributed by atoms with Gasteiger partial charge in [0.05, 0.1) is 13.2 Å². The fourth-order valence-electron chi connectivity index (χ4n) is 1.22. The maximum Gasteiger partial charge on any atom is 0.0522 e. The van der Waals surface area contributed by atoms with Crippen LogP contribution < -0.4 is 11.5 Å². The molecule has 0 aliphatic carbocycles. The summed E-state index contributed by atoms with van der Waals surface area (Å²) in [6.07, 6.45) is 0. The van der Waals surface area contributed by atoms with Crippen LogP contribution in [0.15, 0.2) is 18.2 Å². The Kier molecular flexibility index (Phi) is 3.11. The second-order valence-electron chi connectivity index (χ2n) is 2.95. The maximum atomic E-state index is 8.93. The third-order valence-electron chi connectivity index (χ3n) is 1.99. The van der Waals surface area contributed by atoms with Crippen LogP contribution in [0.2, 0.25) is 0 Å². The second-order valence-corrected chi connectivity index (χ2v) is 2.95. The number of aliphatic hydroxyl groups excluding tert-OH is 2. The smallest absolute Gasteiger partial charge is 0.0522 e. The number of rotatable bonds is 3. The van der Waals surface area contributed by atoms with E-state index in [1.165, 1.54) is 0 Å². The van der Waals surface area contributed by atoms with Gasteiger partial charge in [-0.25, -0.2) is 0 Å². The third-order valence-corrected chi connectivity index (χ3v) is 1.99. The van der Waals surface area contributed by atoms with E-state index in [1.54, 1.807) is 18.2 Å². The Labute approximate surface area is 76.8 Å². The van der Waals surface area contributed by atoms with Gasteiger partial charge in [0.15, 0.2) is 0 Å². The van der Waals surface area contributed by atoms with Gasteiger partial charge in [-0.3, -0.25) is 0 Å². The van der Waals surface area contributed by atoms with Crippen molar-refractivity contribution < 1.29 is 10.2 Å². The first-order valence-electron chi connectivity index (χ1n) is 4.05. The van der Waals surface area contributed by atoms with Crippen LogP contribution in [-0.2, 0) is 0 Å². The number of benzene rings is 1. The monoisotopic (exact) mass is 182 g/mol. The summed E-state index contributed by atoms with van der Waals surface area (Å²) in [5.74, 6) is -0.319. The molecule has 13 heavy (non-hydrogen) atoms. The average molecular weight is 182 g/mol. The molecule has 4 nitrogen and oxygen atoms in total. The van der Waals surface area contributed by atoms with Gasteiger partial charge in [0.2, 0.25) is 0 Å². The Balaban J connectivity index is 2.99. The van der Waals surface area contributed by atoms with Crippen LogP contribution in [0.25, 0.3) is 0 Å². The van der Waals surface area contributed by atoms with Crippen molar-refractivity contribution in [3.8, 4) is 0 Å². The minimum atomic E-state index is -0.319. The van der Waals surface area contributed by atoms with Crippen LogP contribution >= 0.6 is 0 Å². The minimum Gasteiger partial charge on any atom is -0.399 e. The van der Waals surface area contributed by atoms with Crippen molar-refractivity contribution in [2.75, 3.05) is 24.7 Å². The Morgan fingerprint density at radius 1 is 1.15 bits per heavy atom. The minimum absolute atomic E-state index is 0.120. The summed E-state index contributed by atoms with van der Waals surface area (Å²) >= 11 is 0. The van der Waals surface area contributed by atoms with Crippen LogP contribution in [0.1, 0.15) is 11.5 Å². The third kappa shape index (κ3) is 2.11. The molecule has 0 radical (unpaired) electrons. The van der Waals surface area contributed by atoms with Gasteiger partial charge >= 0.3 is 0 Å². The van der Waals surface area contributed by atoms with Gasteiger partial charge in [-0.2, -0.15) is 0 Å². The molecule has 1 rings (SSSR count). The van der Waals surface area contributed by atoms with Crippen molar-refractivity contribution in [3.05, 3.63) is 23.8 Å². The molecule has 0 amide bonds. The lowest BCUT2D eigenvalue weighted by atomic mass is 9.99. The molecule has 72 valence electrons. The van der Waals surface area contributed by atoms with Crippen molar-refractivity contribution in [1.82, 2.24) is 0 Å². The molecule has 4 heteroatoms. The highest BCUT2D eigenvalue weighted by molar-refractivity contribution is 5.57. The van der Waals surface area contributed by atoms with Gasteiger partial charge in [0.25, 0.3) is 0 Å². The average Bonchev–Trinajstić information content (AvgIpc) is 2.10. The van der Waals surface area contributed by atoms with Crippen LogP contribution in [0.3, 0.4) is 0 Å². The van der Waals surface area contributed by atoms with Crippen LogP contribution in [0.4, 0.5) is 11.4 Å². The Morgan fingerprint density at radius 2 is 1.77 bits per heavy atom. The summed E-state index contributed by atoms with van der Waals surface area (Å²) < 4.78 is 0. The van der Waals surface area contributed by atoms with Gasteiger partial charge < -0.3 is 21.7 Å². The molecule has 0 unspecified atom stereocenters. The van der Waals surface area contributed by atoms with E-state index in [9.17, 15) is 0 Å². The summed E-state index contributed by atoms with van der Waals surface area (Å²) in [7, 11) is 0. The van der Waals surface area contributed by atoms with Crippen LogP contribution in [0.5, 0.6) is 0 Å². The van der Waals surface area contributed by atoms with E-state index in [0.717, 1.165) is 5.56 Å². The second kappa shape index (κ2) is 4.11. The van der Waals surface area contributed by atoms with Crippen molar-refractivity contribution >= 4 is 11.4 Å². The molecule has 0 aliphatic rings. The first-order valence-corrected chi connectivity index (χ1v) is 4.05. The summed E-state index contributed by atoms with van der Waals surface area (Å²) in [5, 5.41) is 17.9. The highest BCUT2D eigenvalue weighted by Gasteiger charge is 2.11. The van der Waals surface area contributed by atoms with E-state index in [2.05, 4.69) is 0 Å². The van der Waals surface area contributed by atoms with Crippen LogP contribution in [0, 0.1) is 0 Å². The lowest BCUT2D eigenvalue weighted by Crippen LogP contribution is -2.11. The predicted octanol–water partition coefficient (Wildman–Crippen LogP) is -0.0808. The molecule has 0 atom stereocenters. The zero-order chi connectivity index (χ0) is 9.84. The summed E-state index contributed by atoms with van der Waals surface area (Å²) in [5.41, 5.74) is 13.0. The van der Waals surface area contributed by atoms with E-state index in [4.69, 9.17) is 21.7 Å². The topological polar surface area (TPSA) is 92.5 Å². The van der Waals surface area contributed by atoms with Gasteiger partial charge in [-0.05, 0) is 17.7 Å². The molecule has 0 aliphatic heterocycles. The standard InChI is InChI=1S/C9H14N2O2/c10-7-1-2-8(9(11)3-7)6(4-12)5-13/h1-3,6,12-13H,4-5,10-11H2. The fraction of sp³-hybridized carbons (Fsp3) is 0.333. The normalized spacial score (nSPS) is 10.7. The highest BCUT2D eigenvalue weighted by Crippen LogP contribution is 2.23. The molecule has 6 N–H and O–H groups in total. The SMILES string of the molecule is Nc1ccc(C(CO)CO)c(N)c1. The number of anilines is 2. The Morgan fingerprint density at radius 3 is 2.23 bits per heavy atom. The van der Waals surface area contributed by atoms with Crippen molar-refractivity contribution in [3.63, 3.8) is 0 Å². The Hall–Kier alpha value is -1.26. The van der Waals surface area contributed by atoms with E-state index >= 15 is 0 Å². The zero-order valence-corrected chi connectivity index (χ0v) is 7.27. The molecule has 0 spiro atoms. The van der Waals surface area contributed by atoms with Crippen molar-refractivity contribution in [2.24, 2.45) is 0 Å². The lowest BCUT2D eigenvalue weighted by Gasteiger charge is -2.13. The molecule has 1 aromatic rings. The first-order chi connectivity index (χ1) is 6.19. The summed E-state index contributed by atoms with van der Waals surface area (Å²) in [4.78, 5) is 0. The molecular formula is C9H14N2O2. The van der Waals surface area contributed by atoms with Gasteiger partial charge in [0, 0.05) is 17.3 Å². The van der Waals surface area contributed by atoms with E-state index in [0.29, 0.717) is 11.4 Å². The van der Waals surface area contributed by atoms with E-state index < -0.39 is 0 Å². The molecule has 0 saturated carbocycles. The largest absolute Gasteiger partial charge is 0.399 e. The van der Waals surface area contributed by atoms with E-state index in [-0.39, 0.29) is 19.1 Å². The number of hydrogen-bond acceptors (Lipinski definition) is 4. The van der Waals surface area contributed by atoms with Gasteiger partial charge in [-0.1, -0.05) is 6.07 Å². The predicted molar refractivity (Wildman–Crippen MR) is 52.2 cm³/mol. The van der Waals surface area contributed by atoms with Crippen molar-refractivity contribution in [2.45, 2.75) is 5.92 Å². The Bertz CT molecular complexity index is 285. The maximum absolute atomic E-state index is 8.93. The van der Waals surface area contributed by atoms with Crippen molar-refractivity contribution in [1.29, 1.82) is 0 Å². The lowest BCUT2D eigenvalue weighted by molar-refractivity contribution is 0.193. The highest BCUT2D eigenvalue weighted by atomic mass is 16.3. The first kappa shape index (κ1) is 9.83. The number of aliphatic hydroxyl groups is 2. The summed E-state index contributed by atoms with van der Waals surface area (Å²) in [6.45, 7) is -0.241. The molecule has 0 heterocycles. The van der Waals surface area contributed by atoms with E-state index in [1.807, 2.05) is 0 Å². The van der Waals surface area contributed by atoms with Crippen LogP contribution in [-0.4, -0.2) is 23.4 Å². The molecular weight excluding hydrogens is 168 g/mol. The zero-order valence-electron chi connectivity index (χ0n) is 7.27. The molecule has 0 aromatic heterocycles. The molecule has 0 fully saturated rings. The summed E-state index contributed by atoms with van der Waals surface area (Å²) in [6, 6.07) is 5.04. The molecule has 1 aromatic carbocycles. The van der Waals surface area contributed by atoms with Gasteiger partial charge in [-0.15, -0.1) is 0 Å². The van der Waals surface area contributed by atoms with Gasteiger partial charge in [0.1, 0.15) is 0 Å². The molecule has 0 saturated heterocycles.